The summed E-state index contributed by atoms with van der Waals surface area (Å²) >= 11 is 7.73. The molecule has 0 N–H and O–H groups in total. The summed E-state index contributed by atoms with van der Waals surface area (Å²) in [5.74, 6) is 0.728. The molecule has 1 aromatic heterocycles. The molecule has 0 amide bonds. The molecule has 0 bridgehead atoms. The molecule has 21 heavy (non-hydrogen) atoms. The van der Waals surface area contributed by atoms with Crippen LogP contribution in [0.1, 0.15) is 11.1 Å². The lowest BCUT2D eigenvalue weighted by Gasteiger charge is -2.06. The third-order valence-electron chi connectivity index (χ3n) is 3.00. The predicted molar refractivity (Wildman–Crippen MR) is 84.9 cm³/mol. The number of tetrazole rings is 1. The fraction of sp³-hybridized carbons (Fsp3) is 0.133. The van der Waals surface area contributed by atoms with Crippen molar-refractivity contribution in [2.45, 2.75) is 17.8 Å². The number of aryl methyl sites for hydroxylation is 1. The van der Waals surface area contributed by atoms with Crippen LogP contribution in [0.15, 0.2) is 53.7 Å². The molecule has 0 fully saturated rings. The molecule has 0 saturated heterocycles. The van der Waals surface area contributed by atoms with Gasteiger partial charge in [-0.2, -0.15) is 4.68 Å². The van der Waals surface area contributed by atoms with Crippen LogP contribution >= 0.6 is 23.4 Å². The van der Waals surface area contributed by atoms with Crippen LogP contribution in [0.3, 0.4) is 0 Å². The topological polar surface area (TPSA) is 43.6 Å². The van der Waals surface area contributed by atoms with E-state index in [1.807, 2.05) is 49.4 Å². The van der Waals surface area contributed by atoms with Crippen molar-refractivity contribution >= 4 is 23.4 Å². The van der Waals surface area contributed by atoms with E-state index in [1.165, 1.54) is 5.56 Å². The predicted octanol–water partition coefficient (Wildman–Crippen LogP) is 3.92. The van der Waals surface area contributed by atoms with Gasteiger partial charge < -0.3 is 0 Å². The van der Waals surface area contributed by atoms with Gasteiger partial charge in [-0.3, -0.25) is 0 Å². The van der Waals surface area contributed by atoms with Gasteiger partial charge in [-0.05, 0) is 46.7 Å². The number of thioether (sulfide) groups is 1. The Labute approximate surface area is 132 Å². The van der Waals surface area contributed by atoms with Gasteiger partial charge in [0.15, 0.2) is 0 Å². The Bertz CT molecular complexity index is 757. The van der Waals surface area contributed by atoms with Crippen molar-refractivity contribution in [2.24, 2.45) is 0 Å². The number of hydrogen-bond donors (Lipinski definition) is 0. The second-order valence-corrected chi connectivity index (χ2v) is 5.94. The van der Waals surface area contributed by atoms with E-state index in [1.54, 1.807) is 16.4 Å². The molecule has 4 nitrogen and oxygen atoms in total. The van der Waals surface area contributed by atoms with E-state index in [2.05, 4.69) is 21.6 Å². The van der Waals surface area contributed by atoms with Crippen molar-refractivity contribution in [3.05, 3.63) is 64.7 Å². The molecule has 0 unspecified atom stereocenters. The van der Waals surface area contributed by atoms with Crippen LogP contribution in [0.2, 0.25) is 5.02 Å². The van der Waals surface area contributed by atoms with Gasteiger partial charge in [0.1, 0.15) is 0 Å². The molecule has 0 atom stereocenters. The molecule has 0 aliphatic heterocycles. The summed E-state index contributed by atoms with van der Waals surface area (Å²) in [6.07, 6.45) is 0. The van der Waals surface area contributed by atoms with Crippen LogP contribution in [-0.2, 0) is 5.75 Å². The van der Waals surface area contributed by atoms with Crippen molar-refractivity contribution in [3.8, 4) is 5.69 Å². The Morgan fingerprint density at radius 2 is 2.00 bits per heavy atom. The lowest BCUT2D eigenvalue weighted by atomic mass is 10.2. The Morgan fingerprint density at radius 3 is 2.81 bits per heavy atom. The molecule has 0 spiro atoms. The van der Waals surface area contributed by atoms with Crippen LogP contribution < -0.4 is 0 Å². The number of nitrogens with zero attached hydrogens (tertiary/aromatic N) is 4. The largest absolute Gasteiger partial charge is 0.214 e. The van der Waals surface area contributed by atoms with E-state index in [0.717, 1.165) is 27.2 Å². The monoisotopic (exact) mass is 316 g/mol. The summed E-state index contributed by atoms with van der Waals surface area (Å²) in [6, 6.07) is 15.9. The second-order valence-electron chi connectivity index (χ2n) is 4.59. The Hall–Kier alpha value is -1.85. The van der Waals surface area contributed by atoms with Crippen molar-refractivity contribution in [1.29, 1.82) is 0 Å². The number of hydrogen-bond acceptors (Lipinski definition) is 4. The van der Waals surface area contributed by atoms with E-state index in [-0.39, 0.29) is 0 Å². The zero-order valence-electron chi connectivity index (χ0n) is 11.4. The highest BCUT2D eigenvalue weighted by Crippen LogP contribution is 2.26. The van der Waals surface area contributed by atoms with Crippen LogP contribution in [0, 0.1) is 6.92 Å². The van der Waals surface area contributed by atoms with Crippen LogP contribution in [0.4, 0.5) is 0 Å². The van der Waals surface area contributed by atoms with Crippen molar-refractivity contribution in [3.63, 3.8) is 0 Å². The lowest BCUT2D eigenvalue weighted by Crippen LogP contribution is -1.99. The molecule has 1 heterocycles. The van der Waals surface area contributed by atoms with Gasteiger partial charge in [0.05, 0.1) is 5.69 Å². The number of halogens is 1. The second kappa shape index (κ2) is 6.28. The maximum absolute atomic E-state index is 6.17. The molecule has 106 valence electrons. The van der Waals surface area contributed by atoms with E-state index >= 15 is 0 Å². The third-order valence-corrected chi connectivity index (χ3v) is 4.34. The Kier molecular flexibility index (Phi) is 4.22. The molecular formula is C15H13ClN4S. The summed E-state index contributed by atoms with van der Waals surface area (Å²) in [6.45, 7) is 2.05. The van der Waals surface area contributed by atoms with E-state index in [0.29, 0.717) is 0 Å². The van der Waals surface area contributed by atoms with Gasteiger partial charge in [-0.15, -0.1) is 5.10 Å². The van der Waals surface area contributed by atoms with Crippen LogP contribution in [-0.4, -0.2) is 20.2 Å². The van der Waals surface area contributed by atoms with Gasteiger partial charge >= 0.3 is 0 Å². The number of benzene rings is 2. The van der Waals surface area contributed by atoms with Gasteiger partial charge in [-0.25, -0.2) is 0 Å². The summed E-state index contributed by atoms with van der Waals surface area (Å²) < 4.78 is 1.74. The highest BCUT2D eigenvalue weighted by Gasteiger charge is 2.10. The highest BCUT2D eigenvalue weighted by molar-refractivity contribution is 7.98. The Morgan fingerprint density at radius 1 is 1.14 bits per heavy atom. The normalized spacial score (nSPS) is 10.8. The molecule has 0 aliphatic rings. The van der Waals surface area contributed by atoms with Crippen LogP contribution in [0.25, 0.3) is 5.69 Å². The third kappa shape index (κ3) is 3.25. The lowest BCUT2D eigenvalue weighted by molar-refractivity contribution is 0.755. The zero-order chi connectivity index (χ0) is 14.7. The van der Waals surface area contributed by atoms with Crippen molar-refractivity contribution < 1.29 is 0 Å². The fourth-order valence-corrected chi connectivity index (χ4v) is 3.13. The molecule has 2 aromatic carbocycles. The smallest absolute Gasteiger partial charge is 0.187 e. The fourth-order valence-electron chi connectivity index (χ4n) is 1.95. The number of aromatic nitrogens is 4. The molecule has 0 radical (unpaired) electrons. The summed E-state index contributed by atoms with van der Waals surface area (Å²) in [5, 5.41) is 13.4. The molecule has 6 heteroatoms. The zero-order valence-corrected chi connectivity index (χ0v) is 13.0. The van der Waals surface area contributed by atoms with E-state index in [9.17, 15) is 0 Å². The maximum Gasteiger partial charge on any atom is 0.214 e. The highest BCUT2D eigenvalue weighted by atomic mass is 35.5. The first-order valence-corrected chi connectivity index (χ1v) is 7.82. The first kappa shape index (κ1) is 14.1. The first-order valence-electron chi connectivity index (χ1n) is 6.45. The van der Waals surface area contributed by atoms with Gasteiger partial charge in [0.25, 0.3) is 0 Å². The van der Waals surface area contributed by atoms with E-state index in [4.69, 9.17) is 11.6 Å². The summed E-state index contributed by atoms with van der Waals surface area (Å²) in [7, 11) is 0. The molecular weight excluding hydrogens is 304 g/mol. The maximum atomic E-state index is 6.17. The molecule has 3 aromatic rings. The molecule has 0 saturated carbocycles. The van der Waals surface area contributed by atoms with E-state index < -0.39 is 0 Å². The average Bonchev–Trinajstić information content (AvgIpc) is 2.95. The molecule has 3 rings (SSSR count). The van der Waals surface area contributed by atoms with Crippen molar-refractivity contribution in [2.75, 3.05) is 0 Å². The number of rotatable bonds is 4. The van der Waals surface area contributed by atoms with Crippen molar-refractivity contribution in [1.82, 2.24) is 20.2 Å². The standard InChI is InChI=1S/C15H13ClN4S/c1-11-5-4-7-13(9-11)20-15(17-18-19-20)21-10-12-6-2-3-8-14(12)16/h2-9H,10H2,1H3. The van der Waals surface area contributed by atoms with Gasteiger partial charge in [0.2, 0.25) is 5.16 Å². The summed E-state index contributed by atoms with van der Waals surface area (Å²) in [4.78, 5) is 0. The SMILES string of the molecule is Cc1cccc(-n2nnnc2SCc2ccccc2Cl)c1. The first-order chi connectivity index (χ1) is 10.2. The summed E-state index contributed by atoms with van der Waals surface area (Å²) in [5.41, 5.74) is 3.20. The minimum Gasteiger partial charge on any atom is -0.187 e. The molecule has 0 aliphatic carbocycles. The minimum atomic E-state index is 0.728. The van der Waals surface area contributed by atoms with Gasteiger partial charge in [-0.1, -0.05) is 53.7 Å². The van der Waals surface area contributed by atoms with Crippen LogP contribution in [0.5, 0.6) is 0 Å². The average molecular weight is 317 g/mol. The Balaban J connectivity index is 1.82. The quantitative estimate of drug-likeness (QED) is 0.684. The minimum absolute atomic E-state index is 0.728. The van der Waals surface area contributed by atoms with Gasteiger partial charge in [0, 0.05) is 10.8 Å².